The second-order valence-corrected chi connectivity index (χ2v) is 6.85. The third kappa shape index (κ3) is 4.02. The van der Waals surface area contributed by atoms with Crippen LogP contribution in [0.15, 0.2) is 41.8 Å². The van der Waals surface area contributed by atoms with Gasteiger partial charge in [-0.3, -0.25) is 9.59 Å². The zero-order valence-corrected chi connectivity index (χ0v) is 15.1. The molecule has 1 N–H and O–H groups in total. The van der Waals surface area contributed by atoms with Crippen molar-refractivity contribution in [3.05, 3.63) is 52.2 Å². The van der Waals surface area contributed by atoms with Gasteiger partial charge in [-0.1, -0.05) is 18.2 Å². The van der Waals surface area contributed by atoms with Gasteiger partial charge in [0.2, 0.25) is 5.91 Å². The van der Waals surface area contributed by atoms with Crippen molar-refractivity contribution in [2.75, 3.05) is 19.7 Å². The molecule has 5 nitrogen and oxygen atoms in total. The normalized spacial score (nSPS) is 16.7. The van der Waals surface area contributed by atoms with Crippen molar-refractivity contribution in [2.45, 2.75) is 25.8 Å². The number of hydrogen-bond acceptors (Lipinski definition) is 4. The summed E-state index contributed by atoms with van der Waals surface area (Å²) in [4.78, 5) is 28.1. The Morgan fingerprint density at radius 1 is 1.28 bits per heavy atom. The number of carbonyl (C=O) groups excluding carboxylic acids is 2. The number of ether oxygens (including phenoxy) is 1. The number of nitrogens with one attached hydrogen (secondary N) is 1. The van der Waals surface area contributed by atoms with E-state index in [-0.39, 0.29) is 24.4 Å². The van der Waals surface area contributed by atoms with Gasteiger partial charge in [0.15, 0.2) is 0 Å². The molecular formula is C19H22N2O3S. The topological polar surface area (TPSA) is 58.6 Å². The van der Waals surface area contributed by atoms with Gasteiger partial charge in [0.25, 0.3) is 5.91 Å². The summed E-state index contributed by atoms with van der Waals surface area (Å²) >= 11 is 1.67. The maximum atomic E-state index is 12.6. The molecule has 1 aromatic heterocycles. The lowest BCUT2D eigenvalue weighted by atomic mass is 10.2. The van der Waals surface area contributed by atoms with Gasteiger partial charge in [0.1, 0.15) is 5.75 Å². The summed E-state index contributed by atoms with van der Waals surface area (Å²) in [5.41, 5.74) is 0.452. The number of rotatable bonds is 6. The molecule has 1 aliphatic rings. The van der Waals surface area contributed by atoms with Crippen LogP contribution in [0.5, 0.6) is 5.75 Å². The van der Waals surface area contributed by atoms with E-state index in [2.05, 4.69) is 11.4 Å². The second kappa shape index (κ2) is 8.16. The number of thiophene rings is 1. The minimum absolute atomic E-state index is 0.00116. The molecule has 0 aliphatic carbocycles. The summed E-state index contributed by atoms with van der Waals surface area (Å²) in [6.45, 7) is 3.10. The SMILES string of the molecule is CCOc1ccccc1C(=O)NCC(=O)N1CCC[C@H]1c1cccs1. The monoisotopic (exact) mass is 358 g/mol. The zero-order chi connectivity index (χ0) is 17.6. The van der Waals surface area contributed by atoms with Crippen LogP contribution in [0.25, 0.3) is 0 Å². The summed E-state index contributed by atoms with van der Waals surface area (Å²) in [5, 5.41) is 4.76. The lowest BCUT2D eigenvalue weighted by Crippen LogP contribution is -2.39. The largest absolute Gasteiger partial charge is 0.493 e. The molecule has 2 aromatic rings. The molecular weight excluding hydrogens is 336 g/mol. The molecule has 1 atom stereocenters. The molecule has 1 fully saturated rings. The molecule has 0 radical (unpaired) electrons. The van der Waals surface area contributed by atoms with E-state index in [9.17, 15) is 9.59 Å². The van der Waals surface area contributed by atoms with Gasteiger partial charge in [0.05, 0.1) is 24.8 Å². The first kappa shape index (κ1) is 17.5. The predicted octanol–water partition coefficient (Wildman–Crippen LogP) is 3.24. The van der Waals surface area contributed by atoms with E-state index < -0.39 is 0 Å². The second-order valence-electron chi connectivity index (χ2n) is 5.87. The van der Waals surface area contributed by atoms with Crippen LogP contribution in [0.3, 0.4) is 0 Å². The van der Waals surface area contributed by atoms with Crippen LogP contribution in [0.1, 0.15) is 41.0 Å². The number of hydrogen-bond donors (Lipinski definition) is 1. The Morgan fingerprint density at radius 2 is 2.12 bits per heavy atom. The van der Waals surface area contributed by atoms with Crippen molar-refractivity contribution in [1.82, 2.24) is 10.2 Å². The highest BCUT2D eigenvalue weighted by Gasteiger charge is 2.30. The fourth-order valence-electron chi connectivity index (χ4n) is 3.13. The van der Waals surface area contributed by atoms with Crippen LogP contribution in [0.2, 0.25) is 0 Å². The van der Waals surface area contributed by atoms with Gasteiger partial charge < -0.3 is 15.0 Å². The van der Waals surface area contributed by atoms with Crippen LogP contribution in [-0.2, 0) is 4.79 Å². The number of amides is 2. The van der Waals surface area contributed by atoms with Gasteiger partial charge >= 0.3 is 0 Å². The number of benzene rings is 1. The van der Waals surface area contributed by atoms with E-state index in [1.807, 2.05) is 29.3 Å². The molecule has 1 aromatic carbocycles. The van der Waals surface area contributed by atoms with E-state index in [1.165, 1.54) is 4.88 Å². The average molecular weight is 358 g/mol. The summed E-state index contributed by atoms with van der Waals surface area (Å²) in [6.07, 6.45) is 1.97. The van der Waals surface area contributed by atoms with E-state index in [4.69, 9.17) is 4.74 Å². The van der Waals surface area contributed by atoms with E-state index in [0.29, 0.717) is 17.9 Å². The van der Waals surface area contributed by atoms with Crippen molar-refractivity contribution in [1.29, 1.82) is 0 Å². The molecule has 0 spiro atoms. The smallest absolute Gasteiger partial charge is 0.255 e. The Balaban J connectivity index is 1.61. The predicted molar refractivity (Wildman–Crippen MR) is 98.0 cm³/mol. The van der Waals surface area contributed by atoms with E-state index in [1.54, 1.807) is 29.5 Å². The van der Waals surface area contributed by atoms with Gasteiger partial charge in [-0.05, 0) is 43.3 Å². The first-order valence-electron chi connectivity index (χ1n) is 8.53. The first-order valence-corrected chi connectivity index (χ1v) is 9.41. The molecule has 1 saturated heterocycles. The summed E-state index contributed by atoms with van der Waals surface area (Å²) in [5.74, 6) is 0.204. The lowest BCUT2D eigenvalue weighted by molar-refractivity contribution is -0.131. The maximum Gasteiger partial charge on any atom is 0.255 e. The molecule has 3 rings (SSSR count). The first-order chi connectivity index (χ1) is 12.2. The van der Waals surface area contributed by atoms with Gasteiger partial charge in [-0.15, -0.1) is 11.3 Å². The Kier molecular flexibility index (Phi) is 5.71. The molecule has 0 bridgehead atoms. The summed E-state index contributed by atoms with van der Waals surface area (Å²) < 4.78 is 5.48. The van der Waals surface area contributed by atoms with Gasteiger partial charge in [-0.2, -0.15) is 0 Å². The fraction of sp³-hybridized carbons (Fsp3) is 0.368. The number of likely N-dealkylation sites (tertiary alicyclic amines) is 1. The standard InChI is InChI=1S/C19H22N2O3S/c1-2-24-16-9-4-3-7-14(16)19(23)20-13-18(22)21-11-5-8-15(21)17-10-6-12-25-17/h3-4,6-7,9-10,12,15H,2,5,8,11,13H2,1H3,(H,20,23)/t15-/m0/s1. The highest BCUT2D eigenvalue weighted by atomic mass is 32.1. The molecule has 1 aliphatic heterocycles. The molecule has 25 heavy (non-hydrogen) atoms. The van der Waals surface area contributed by atoms with Crippen molar-refractivity contribution >= 4 is 23.2 Å². The van der Waals surface area contributed by atoms with E-state index >= 15 is 0 Å². The highest BCUT2D eigenvalue weighted by Crippen LogP contribution is 2.34. The lowest BCUT2D eigenvalue weighted by Gasteiger charge is -2.24. The van der Waals surface area contributed by atoms with Crippen LogP contribution in [0.4, 0.5) is 0 Å². The van der Waals surface area contributed by atoms with Crippen LogP contribution < -0.4 is 10.1 Å². The molecule has 6 heteroatoms. The van der Waals surface area contributed by atoms with Crippen molar-refractivity contribution < 1.29 is 14.3 Å². The molecule has 2 amide bonds. The van der Waals surface area contributed by atoms with Crippen molar-refractivity contribution in [3.63, 3.8) is 0 Å². The van der Waals surface area contributed by atoms with Crippen LogP contribution >= 0.6 is 11.3 Å². The Bertz CT molecular complexity index is 730. The van der Waals surface area contributed by atoms with E-state index in [0.717, 1.165) is 19.4 Å². The third-order valence-corrected chi connectivity index (χ3v) is 5.25. The molecule has 2 heterocycles. The summed E-state index contributed by atoms with van der Waals surface area (Å²) in [7, 11) is 0. The average Bonchev–Trinajstić information content (AvgIpc) is 3.31. The quantitative estimate of drug-likeness (QED) is 0.862. The van der Waals surface area contributed by atoms with Gasteiger partial charge in [0, 0.05) is 11.4 Å². The van der Waals surface area contributed by atoms with Crippen molar-refractivity contribution in [2.24, 2.45) is 0 Å². The van der Waals surface area contributed by atoms with Gasteiger partial charge in [-0.25, -0.2) is 0 Å². The Hall–Kier alpha value is -2.34. The zero-order valence-electron chi connectivity index (χ0n) is 14.2. The third-order valence-electron chi connectivity index (χ3n) is 4.28. The fourth-order valence-corrected chi connectivity index (χ4v) is 4.00. The number of nitrogens with zero attached hydrogens (tertiary/aromatic N) is 1. The number of para-hydroxylation sites is 1. The molecule has 132 valence electrons. The van der Waals surface area contributed by atoms with Crippen LogP contribution in [-0.4, -0.2) is 36.4 Å². The molecule has 0 unspecified atom stereocenters. The summed E-state index contributed by atoms with van der Waals surface area (Å²) in [6, 6.07) is 11.3. The number of carbonyl (C=O) groups is 2. The minimum Gasteiger partial charge on any atom is -0.493 e. The van der Waals surface area contributed by atoms with Crippen molar-refractivity contribution in [3.8, 4) is 5.75 Å². The maximum absolute atomic E-state index is 12.6. The minimum atomic E-state index is -0.288. The Morgan fingerprint density at radius 3 is 2.88 bits per heavy atom. The van der Waals surface area contributed by atoms with Crippen LogP contribution in [0, 0.1) is 0 Å². The Labute approximate surface area is 151 Å². The molecule has 0 saturated carbocycles. The highest BCUT2D eigenvalue weighted by molar-refractivity contribution is 7.10.